The van der Waals surface area contributed by atoms with Crippen LogP contribution < -0.4 is 5.12 Å². The Labute approximate surface area is 112 Å². The zero-order chi connectivity index (χ0) is 12.4. The van der Waals surface area contributed by atoms with E-state index in [0.29, 0.717) is 5.12 Å². The second-order valence-electron chi connectivity index (χ2n) is 3.04. The van der Waals surface area contributed by atoms with Gasteiger partial charge in [0.25, 0.3) is 0 Å². The maximum absolute atomic E-state index is 14.0. The highest BCUT2D eigenvalue weighted by molar-refractivity contribution is 6.49. The molecule has 17 heavy (non-hydrogen) atoms. The van der Waals surface area contributed by atoms with E-state index in [4.69, 9.17) is 34.8 Å². The zero-order valence-electron chi connectivity index (χ0n) is 8.24. The lowest BCUT2D eigenvalue weighted by atomic mass is 10.3. The Morgan fingerprint density at radius 2 is 1.82 bits per heavy atom. The van der Waals surface area contributed by atoms with Crippen molar-refractivity contribution in [3.8, 4) is 0 Å². The summed E-state index contributed by atoms with van der Waals surface area (Å²) in [5.74, 6) is 0.0558. The predicted octanol–water partition coefficient (Wildman–Crippen LogP) is 4.46. The first kappa shape index (κ1) is 12.4. The summed E-state index contributed by atoms with van der Waals surface area (Å²) in [6.07, 6.45) is 2.65. The molecule has 0 spiro atoms. The number of hydrogen-bond acceptors (Lipinski definition) is 3. The minimum atomic E-state index is 0.0280. The number of halogens is 4. The fraction of sp³-hybridized carbons (Fsp3) is 0. The molecule has 0 atom stereocenters. The van der Waals surface area contributed by atoms with Crippen LogP contribution in [0.3, 0.4) is 0 Å². The molecule has 0 aliphatic carbocycles. The van der Waals surface area contributed by atoms with Crippen molar-refractivity contribution in [3.05, 3.63) is 45.8 Å². The molecule has 2 rings (SSSR count). The van der Waals surface area contributed by atoms with E-state index in [1.807, 2.05) is 0 Å². The molecule has 1 aromatic carbocycles. The van der Waals surface area contributed by atoms with Crippen molar-refractivity contribution >= 4 is 46.3 Å². The summed E-state index contributed by atoms with van der Waals surface area (Å²) in [5.41, 5.74) is 0.0692. The summed E-state index contributed by atoms with van der Waals surface area (Å²) in [7, 11) is 0. The number of hydrogen-bond donors (Lipinski definition) is 0. The summed E-state index contributed by atoms with van der Waals surface area (Å²) in [5, 5.41) is 0.700. The quantitative estimate of drug-likeness (QED) is 0.604. The van der Waals surface area contributed by atoms with Crippen LogP contribution in [0.25, 0.3) is 0 Å². The first-order chi connectivity index (χ1) is 8.11. The standard InChI is InChI=1S/C10H5Cl3FN3/c11-6-1-2-7(10(13)9(6)12)17(14)8-3-4-15-5-16-8/h1-5H. The second-order valence-corrected chi connectivity index (χ2v) is 4.21. The lowest BCUT2D eigenvalue weighted by Gasteiger charge is -2.14. The Morgan fingerprint density at radius 3 is 2.47 bits per heavy atom. The van der Waals surface area contributed by atoms with Gasteiger partial charge in [-0.05, 0) is 12.1 Å². The Bertz CT molecular complexity index is 536. The Morgan fingerprint density at radius 1 is 1.06 bits per heavy atom. The number of anilines is 2. The average molecular weight is 293 g/mol. The van der Waals surface area contributed by atoms with Gasteiger partial charge >= 0.3 is 0 Å². The van der Waals surface area contributed by atoms with Gasteiger partial charge in [-0.1, -0.05) is 39.3 Å². The van der Waals surface area contributed by atoms with Crippen molar-refractivity contribution in [2.24, 2.45) is 0 Å². The van der Waals surface area contributed by atoms with E-state index in [9.17, 15) is 4.48 Å². The van der Waals surface area contributed by atoms with E-state index >= 15 is 0 Å². The molecule has 0 radical (unpaired) electrons. The highest BCUT2D eigenvalue weighted by Crippen LogP contribution is 2.39. The van der Waals surface area contributed by atoms with E-state index in [0.717, 1.165) is 0 Å². The van der Waals surface area contributed by atoms with Crippen LogP contribution in [-0.2, 0) is 0 Å². The van der Waals surface area contributed by atoms with E-state index in [1.54, 1.807) is 0 Å². The molecule has 2 aromatic rings. The minimum Gasteiger partial charge on any atom is -0.245 e. The monoisotopic (exact) mass is 291 g/mol. The van der Waals surface area contributed by atoms with Crippen molar-refractivity contribution in [1.82, 2.24) is 9.97 Å². The molecule has 0 aliphatic heterocycles. The summed E-state index contributed by atoms with van der Waals surface area (Å²) in [6, 6.07) is 4.27. The SMILES string of the molecule is FN(c1ccncn1)c1ccc(Cl)c(Cl)c1Cl. The minimum absolute atomic E-state index is 0.0280. The van der Waals surface area contributed by atoms with Crippen LogP contribution in [0.1, 0.15) is 0 Å². The van der Waals surface area contributed by atoms with Crippen LogP contribution >= 0.6 is 34.8 Å². The molecule has 0 aliphatic rings. The van der Waals surface area contributed by atoms with Crippen LogP contribution in [0.2, 0.25) is 15.1 Å². The van der Waals surface area contributed by atoms with Gasteiger partial charge in [0.15, 0.2) is 5.82 Å². The first-order valence-electron chi connectivity index (χ1n) is 4.46. The molecule has 3 nitrogen and oxygen atoms in total. The Hall–Kier alpha value is -1.10. The Balaban J connectivity index is 2.45. The molecule has 0 fully saturated rings. The van der Waals surface area contributed by atoms with Gasteiger partial charge < -0.3 is 0 Å². The number of rotatable bonds is 2. The summed E-state index contributed by atoms with van der Waals surface area (Å²) in [4.78, 5) is 7.44. The number of aromatic nitrogens is 2. The van der Waals surface area contributed by atoms with Crippen LogP contribution in [-0.4, -0.2) is 9.97 Å². The lowest BCUT2D eigenvalue weighted by Crippen LogP contribution is -2.06. The van der Waals surface area contributed by atoms with Crippen molar-refractivity contribution in [2.75, 3.05) is 5.12 Å². The zero-order valence-corrected chi connectivity index (χ0v) is 10.5. The first-order valence-corrected chi connectivity index (χ1v) is 5.60. The van der Waals surface area contributed by atoms with Gasteiger partial charge in [0.2, 0.25) is 0 Å². The topological polar surface area (TPSA) is 29.0 Å². The largest absolute Gasteiger partial charge is 0.245 e. The lowest BCUT2D eigenvalue weighted by molar-refractivity contribution is 0.499. The molecular weight excluding hydrogens is 287 g/mol. The normalized spacial score (nSPS) is 10.4. The molecule has 0 N–H and O–H groups in total. The summed E-state index contributed by atoms with van der Waals surface area (Å²) >= 11 is 17.5. The molecule has 1 aromatic heterocycles. The fourth-order valence-corrected chi connectivity index (χ4v) is 1.80. The third kappa shape index (κ3) is 2.44. The van der Waals surface area contributed by atoms with E-state index < -0.39 is 0 Å². The highest BCUT2D eigenvalue weighted by Gasteiger charge is 2.16. The fourth-order valence-electron chi connectivity index (χ4n) is 1.19. The average Bonchev–Trinajstić information content (AvgIpc) is 2.36. The molecule has 0 bridgehead atoms. The smallest absolute Gasteiger partial charge is 0.166 e. The highest BCUT2D eigenvalue weighted by atomic mass is 35.5. The molecule has 88 valence electrons. The van der Waals surface area contributed by atoms with Crippen molar-refractivity contribution in [2.45, 2.75) is 0 Å². The van der Waals surface area contributed by atoms with Crippen LogP contribution in [0.4, 0.5) is 16.0 Å². The molecular formula is C10H5Cl3FN3. The predicted molar refractivity (Wildman–Crippen MR) is 66.8 cm³/mol. The number of nitrogens with zero attached hydrogens (tertiary/aromatic N) is 3. The summed E-state index contributed by atoms with van der Waals surface area (Å²) < 4.78 is 14.0. The molecule has 0 saturated carbocycles. The van der Waals surface area contributed by atoms with Gasteiger partial charge in [-0.2, -0.15) is 5.12 Å². The van der Waals surface area contributed by atoms with Gasteiger partial charge in [0.05, 0.1) is 20.8 Å². The van der Waals surface area contributed by atoms with Gasteiger partial charge in [0.1, 0.15) is 6.33 Å². The Kier molecular flexibility index (Phi) is 3.66. The van der Waals surface area contributed by atoms with Crippen LogP contribution in [0.15, 0.2) is 30.7 Å². The van der Waals surface area contributed by atoms with Gasteiger partial charge in [-0.25, -0.2) is 9.97 Å². The van der Waals surface area contributed by atoms with Gasteiger partial charge in [0, 0.05) is 12.3 Å². The van der Waals surface area contributed by atoms with E-state index in [1.165, 1.54) is 30.7 Å². The molecule has 0 saturated heterocycles. The van der Waals surface area contributed by atoms with Gasteiger partial charge in [-0.3, -0.25) is 0 Å². The molecule has 7 heteroatoms. The molecule has 1 heterocycles. The molecule has 0 amide bonds. The maximum Gasteiger partial charge on any atom is 0.166 e. The number of benzene rings is 1. The third-order valence-corrected chi connectivity index (χ3v) is 3.28. The van der Waals surface area contributed by atoms with Crippen molar-refractivity contribution in [3.63, 3.8) is 0 Å². The van der Waals surface area contributed by atoms with Gasteiger partial charge in [-0.15, -0.1) is 0 Å². The second kappa shape index (κ2) is 5.04. The summed E-state index contributed by atoms with van der Waals surface area (Å²) in [6.45, 7) is 0. The third-order valence-electron chi connectivity index (χ3n) is 1.99. The van der Waals surface area contributed by atoms with E-state index in [2.05, 4.69) is 9.97 Å². The van der Waals surface area contributed by atoms with Crippen LogP contribution in [0, 0.1) is 0 Å². The molecule has 0 unspecified atom stereocenters. The van der Waals surface area contributed by atoms with Crippen LogP contribution in [0.5, 0.6) is 0 Å². The van der Waals surface area contributed by atoms with E-state index in [-0.39, 0.29) is 26.6 Å². The van der Waals surface area contributed by atoms with Crippen molar-refractivity contribution < 1.29 is 4.48 Å². The maximum atomic E-state index is 14.0. The van der Waals surface area contributed by atoms with Crippen molar-refractivity contribution in [1.29, 1.82) is 0 Å².